The minimum Gasteiger partial charge on any atom is -0.453 e. The second kappa shape index (κ2) is 11.2. The first kappa shape index (κ1) is 24.7. The number of amides is 1. The second-order valence-electron chi connectivity index (χ2n) is 6.47. The number of carbonyl (C=O) groups excluding carboxylic acids is 2. The first-order valence-corrected chi connectivity index (χ1v) is 10.0. The van der Waals surface area contributed by atoms with Gasteiger partial charge in [0.1, 0.15) is 11.8 Å². The summed E-state index contributed by atoms with van der Waals surface area (Å²) in [5, 5.41) is 15.1. The van der Waals surface area contributed by atoms with Crippen LogP contribution in [-0.4, -0.2) is 28.9 Å². The van der Waals surface area contributed by atoms with Crippen molar-refractivity contribution in [2.45, 2.75) is 26.8 Å². The zero-order chi connectivity index (χ0) is 23.8. The van der Waals surface area contributed by atoms with E-state index in [1.807, 2.05) is 13.8 Å². The van der Waals surface area contributed by atoms with Crippen molar-refractivity contribution in [3.8, 4) is 17.6 Å². The monoisotopic (exact) mass is 479 g/mol. The molecule has 0 aliphatic rings. The van der Waals surface area contributed by atoms with Gasteiger partial charge in [-0.3, -0.25) is 10.2 Å². The van der Waals surface area contributed by atoms with Gasteiger partial charge in [0.2, 0.25) is 5.71 Å². The molecule has 12 heteroatoms. The molecule has 0 unspecified atom stereocenters. The number of nitriles is 1. The van der Waals surface area contributed by atoms with E-state index in [4.69, 9.17) is 33.2 Å². The Morgan fingerprint density at radius 3 is 2.47 bits per heavy atom. The molecule has 0 saturated carbocycles. The number of carbonyl (C=O) groups is 2. The Balaban J connectivity index is 2.20. The van der Waals surface area contributed by atoms with Gasteiger partial charge in [0, 0.05) is 18.7 Å². The van der Waals surface area contributed by atoms with Gasteiger partial charge >= 0.3 is 12.1 Å². The quantitative estimate of drug-likeness (QED) is 0.264. The Labute approximate surface area is 193 Å². The maximum absolute atomic E-state index is 11.9. The second-order valence-corrected chi connectivity index (χ2v) is 7.28. The number of hydrogen-bond acceptors (Lipinski definition) is 8. The minimum absolute atomic E-state index is 0.0736. The predicted octanol–water partition coefficient (Wildman–Crippen LogP) is 4.09. The Hall–Kier alpha value is -3.55. The van der Waals surface area contributed by atoms with Crippen LogP contribution in [0.3, 0.4) is 0 Å². The highest BCUT2D eigenvalue weighted by atomic mass is 35.5. The van der Waals surface area contributed by atoms with Gasteiger partial charge in [0.15, 0.2) is 5.75 Å². The summed E-state index contributed by atoms with van der Waals surface area (Å²) in [6, 6.07) is 7.10. The first-order valence-electron chi connectivity index (χ1n) is 9.29. The standard InChI is InChI=1S/C20H19Cl2N5O5/c1-4-24-20(30)32-19(29)16(9-23)26-25-12-7-14(21)18(15(22)8-12)31-13-5-6-17(28)27(10-13)11(2)3/h5-8,10-11,25H,4H2,1-3H3,(H,24,30)/b26-16-. The van der Waals surface area contributed by atoms with Gasteiger partial charge in [-0.05, 0) is 39.0 Å². The summed E-state index contributed by atoms with van der Waals surface area (Å²) < 4.78 is 11.6. The largest absolute Gasteiger partial charge is 0.453 e. The van der Waals surface area contributed by atoms with Crippen molar-refractivity contribution in [3.05, 3.63) is 50.9 Å². The van der Waals surface area contributed by atoms with E-state index in [1.165, 1.54) is 41.1 Å². The summed E-state index contributed by atoms with van der Waals surface area (Å²) in [6.07, 6.45) is 0.534. The lowest BCUT2D eigenvalue weighted by molar-refractivity contribution is -0.129. The lowest BCUT2D eigenvalue weighted by Crippen LogP contribution is -2.29. The number of hydrogen-bond donors (Lipinski definition) is 2. The van der Waals surface area contributed by atoms with E-state index in [9.17, 15) is 14.4 Å². The van der Waals surface area contributed by atoms with Crippen LogP contribution >= 0.6 is 23.2 Å². The highest BCUT2D eigenvalue weighted by Gasteiger charge is 2.18. The van der Waals surface area contributed by atoms with Crippen molar-refractivity contribution in [1.82, 2.24) is 9.88 Å². The number of hydrazone groups is 1. The van der Waals surface area contributed by atoms with Crippen LogP contribution in [-0.2, 0) is 9.53 Å². The summed E-state index contributed by atoms with van der Waals surface area (Å²) in [5.41, 5.74) is 1.81. The Morgan fingerprint density at radius 2 is 1.91 bits per heavy atom. The van der Waals surface area contributed by atoms with E-state index in [2.05, 4.69) is 20.6 Å². The number of rotatable bonds is 7. The lowest BCUT2D eigenvalue weighted by atomic mass is 10.3. The van der Waals surface area contributed by atoms with Crippen LogP contribution in [0.1, 0.15) is 26.8 Å². The van der Waals surface area contributed by atoms with Gasteiger partial charge in [0.25, 0.3) is 5.56 Å². The number of pyridine rings is 1. The van der Waals surface area contributed by atoms with Crippen LogP contribution in [0.4, 0.5) is 10.5 Å². The summed E-state index contributed by atoms with van der Waals surface area (Å²) in [4.78, 5) is 35.0. The van der Waals surface area contributed by atoms with Gasteiger partial charge in [-0.15, -0.1) is 0 Å². The van der Waals surface area contributed by atoms with Gasteiger partial charge in [0.05, 0.1) is 21.9 Å². The average Bonchev–Trinajstić information content (AvgIpc) is 2.72. The number of nitrogens with zero attached hydrogens (tertiary/aromatic N) is 3. The molecule has 1 amide bonds. The molecule has 0 fully saturated rings. The van der Waals surface area contributed by atoms with Crippen molar-refractivity contribution >= 4 is 46.7 Å². The minimum atomic E-state index is -1.23. The fourth-order valence-corrected chi connectivity index (χ4v) is 2.90. The molecule has 0 bridgehead atoms. The highest BCUT2D eigenvalue weighted by Crippen LogP contribution is 2.38. The number of anilines is 1. The Kier molecular flexibility index (Phi) is 8.63. The molecule has 1 aromatic heterocycles. The van der Waals surface area contributed by atoms with Crippen molar-refractivity contribution in [1.29, 1.82) is 5.26 Å². The molecule has 32 heavy (non-hydrogen) atoms. The number of nitrogens with one attached hydrogen (secondary N) is 2. The molecule has 1 aromatic carbocycles. The van der Waals surface area contributed by atoms with Crippen molar-refractivity contribution < 1.29 is 19.1 Å². The third-order valence-corrected chi connectivity index (χ3v) is 4.35. The number of ether oxygens (including phenoxy) is 2. The van der Waals surface area contributed by atoms with Crippen molar-refractivity contribution in [2.75, 3.05) is 12.0 Å². The number of aromatic nitrogens is 1. The molecular weight excluding hydrogens is 461 g/mol. The van der Waals surface area contributed by atoms with Gasteiger partial charge in [-0.25, -0.2) is 9.59 Å². The van der Waals surface area contributed by atoms with E-state index in [0.717, 1.165) is 0 Å². The Morgan fingerprint density at radius 1 is 1.25 bits per heavy atom. The molecule has 10 nitrogen and oxygen atoms in total. The maximum atomic E-state index is 11.9. The topological polar surface area (TPSA) is 135 Å². The molecular formula is C20H19Cl2N5O5. The summed E-state index contributed by atoms with van der Waals surface area (Å²) in [7, 11) is 0. The summed E-state index contributed by atoms with van der Waals surface area (Å²) in [6.45, 7) is 5.59. The van der Waals surface area contributed by atoms with Crippen LogP contribution in [0.15, 0.2) is 40.4 Å². The van der Waals surface area contributed by atoms with E-state index in [1.54, 1.807) is 6.92 Å². The van der Waals surface area contributed by atoms with Crippen LogP contribution in [0, 0.1) is 11.3 Å². The molecule has 168 valence electrons. The maximum Gasteiger partial charge on any atom is 0.415 e. The van der Waals surface area contributed by atoms with Crippen LogP contribution in [0.2, 0.25) is 10.0 Å². The number of esters is 1. The highest BCUT2D eigenvalue weighted by molar-refractivity contribution is 6.44. The molecule has 0 atom stereocenters. The third-order valence-electron chi connectivity index (χ3n) is 3.79. The smallest absolute Gasteiger partial charge is 0.415 e. The zero-order valence-electron chi connectivity index (χ0n) is 17.3. The number of benzene rings is 1. The SMILES string of the molecule is CCNC(=O)OC(=O)/C(C#N)=N\Nc1cc(Cl)c(Oc2ccc(=O)n(C(C)C)c2)c(Cl)c1. The van der Waals surface area contributed by atoms with Crippen LogP contribution in [0.25, 0.3) is 0 Å². The third kappa shape index (κ3) is 6.47. The van der Waals surface area contributed by atoms with Gasteiger partial charge in [-0.1, -0.05) is 23.2 Å². The molecule has 2 N–H and O–H groups in total. The summed E-state index contributed by atoms with van der Waals surface area (Å²) in [5.74, 6) is -0.753. The van der Waals surface area contributed by atoms with E-state index < -0.39 is 17.8 Å². The number of halogens is 2. The fraction of sp³-hybridized carbons (Fsp3) is 0.250. The van der Waals surface area contributed by atoms with Crippen LogP contribution in [0.5, 0.6) is 11.5 Å². The van der Waals surface area contributed by atoms with E-state index in [-0.39, 0.29) is 39.6 Å². The molecule has 1 heterocycles. The molecule has 2 rings (SSSR count). The van der Waals surface area contributed by atoms with Crippen molar-refractivity contribution in [2.24, 2.45) is 5.10 Å². The average molecular weight is 480 g/mol. The van der Waals surface area contributed by atoms with E-state index in [0.29, 0.717) is 5.75 Å². The van der Waals surface area contributed by atoms with E-state index >= 15 is 0 Å². The fourth-order valence-electron chi connectivity index (χ4n) is 2.34. The molecule has 0 radical (unpaired) electrons. The van der Waals surface area contributed by atoms with Crippen LogP contribution < -0.4 is 21.0 Å². The summed E-state index contributed by atoms with van der Waals surface area (Å²) >= 11 is 12.5. The first-order chi connectivity index (χ1) is 15.2. The molecule has 0 aliphatic carbocycles. The zero-order valence-corrected chi connectivity index (χ0v) is 18.8. The van der Waals surface area contributed by atoms with Gasteiger partial charge in [-0.2, -0.15) is 10.4 Å². The molecule has 0 spiro atoms. The predicted molar refractivity (Wildman–Crippen MR) is 119 cm³/mol. The molecule has 0 saturated heterocycles. The normalized spacial score (nSPS) is 11.0. The Bertz CT molecular complexity index is 1130. The molecule has 0 aliphatic heterocycles. The van der Waals surface area contributed by atoms with Crippen molar-refractivity contribution in [3.63, 3.8) is 0 Å². The lowest BCUT2D eigenvalue weighted by Gasteiger charge is -2.14. The van der Waals surface area contributed by atoms with Gasteiger partial charge < -0.3 is 19.4 Å². The molecule has 2 aromatic rings. The number of alkyl carbamates (subject to hydrolysis) is 1.